The zero-order valence-corrected chi connectivity index (χ0v) is 13.3. The van der Waals surface area contributed by atoms with E-state index in [0.717, 1.165) is 11.4 Å². The number of aliphatic hydroxyl groups excluding tert-OH is 1. The Kier molecular flexibility index (Phi) is 4.82. The Bertz CT molecular complexity index is 679. The predicted octanol–water partition coefficient (Wildman–Crippen LogP) is 1.61. The average molecular weight is 303 g/mol. The zero-order chi connectivity index (χ0) is 16.3. The van der Waals surface area contributed by atoms with Gasteiger partial charge in [-0.05, 0) is 45.0 Å². The molecule has 2 rings (SSSR count). The van der Waals surface area contributed by atoms with Gasteiger partial charge in [0.15, 0.2) is 0 Å². The van der Waals surface area contributed by atoms with Crippen LogP contribution >= 0.6 is 0 Å². The van der Waals surface area contributed by atoms with Crippen molar-refractivity contribution in [3.8, 4) is 11.4 Å². The molecule has 2 aromatic rings. The highest BCUT2D eigenvalue weighted by Gasteiger charge is 2.15. The second-order valence-electron chi connectivity index (χ2n) is 5.28. The van der Waals surface area contributed by atoms with Crippen LogP contribution in [0.2, 0.25) is 0 Å². The molecule has 1 atom stereocenters. The Morgan fingerprint density at radius 2 is 2.14 bits per heavy atom. The molecule has 0 saturated heterocycles. The number of benzene rings is 1. The van der Waals surface area contributed by atoms with Crippen molar-refractivity contribution in [1.82, 2.24) is 15.1 Å². The second-order valence-corrected chi connectivity index (χ2v) is 5.28. The fourth-order valence-corrected chi connectivity index (χ4v) is 2.22. The highest BCUT2D eigenvalue weighted by Crippen LogP contribution is 2.25. The van der Waals surface area contributed by atoms with Gasteiger partial charge in [0, 0.05) is 17.3 Å². The number of aliphatic hydroxyl groups is 1. The average Bonchev–Trinajstić information content (AvgIpc) is 2.84. The number of rotatable bonds is 5. The first-order valence-corrected chi connectivity index (χ1v) is 7.09. The molecule has 2 N–H and O–H groups in total. The van der Waals surface area contributed by atoms with Gasteiger partial charge in [-0.3, -0.25) is 4.79 Å². The first-order valence-electron chi connectivity index (χ1n) is 7.09. The fraction of sp³-hybridized carbons (Fsp3) is 0.375. The number of hydrogen-bond acceptors (Lipinski definition) is 4. The van der Waals surface area contributed by atoms with Gasteiger partial charge in [0.25, 0.3) is 5.91 Å². The topological polar surface area (TPSA) is 76.4 Å². The van der Waals surface area contributed by atoms with Gasteiger partial charge in [-0.1, -0.05) is 0 Å². The van der Waals surface area contributed by atoms with Crippen molar-refractivity contribution in [3.05, 3.63) is 41.2 Å². The molecule has 1 amide bonds. The van der Waals surface area contributed by atoms with E-state index >= 15 is 0 Å². The second kappa shape index (κ2) is 6.62. The molecule has 0 aliphatic heterocycles. The Labute approximate surface area is 129 Å². The van der Waals surface area contributed by atoms with Crippen LogP contribution < -0.4 is 10.1 Å². The van der Waals surface area contributed by atoms with Crippen molar-refractivity contribution in [2.24, 2.45) is 0 Å². The largest absolute Gasteiger partial charge is 0.494 e. The minimum atomic E-state index is -0.299. The lowest BCUT2D eigenvalue weighted by molar-refractivity contribution is 0.0922. The van der Waals surface area contributed by atoms with E-state index in [1.165, 1.54) is 0 Å². The standard InChI is InChI=1S/C16H21N3O3/c1-10-7-12(3)19(18-10)14-8-13(5-6-15(14)22-4)16(21)17-11(2)9-20/h5-8,11,20H,9H2,1-4H3,(H,17,21). The van der Waals surface area contributed by atoms with Crippen LogP contribution in [0.1, 0.15) is 28.7 Å². The molecule has 0 bridgehead atoms. The number of methoxy groups -OCH3 is 1. The smallest absolute Gasteiger partial charge is 0.251 e. The lowest BCUT2D eigenvalue weighted by atomic mass is 10.1. The molecule has 0 saturated carbocycles. The number of carbonyl (C=O) groups excluding carboxylic acids is 1. The number of hydrogen-bond donors (Lipinski definition) is 2. The summed E-state index contributed by atoms with van der Waals surface area (Å²) in [5.41, 5.74) is 3.04. The van der Waals surface area contributed by atoms with E-state index in [-0.39, 0.29) is 18.6 Å². The monoisotopic (exact) mass is 303 g/mol. The van der Waals surface area contributed by atoms with Crippen LogP contribution in [0.4, 0.5) is 0 Å². The lowest BCUT2D eigenvalue weighted by Crippen LogP contribution is -2.35. The molecule has 0 spiro atoms. The normalized spacial score (nSPS) is 12.0. The molecule has 118 valence electrons. The van der Waals surface area contributed by atoms with E-state index < -0.39 is 0 Å². The molecule has 22 heavy (non-hydrogen) atoms. The lowest BCUT2D eigenvalue weighted by Gasteiger charge is -2.14. The number of aromatic nitrogens is 2. The van der Waals surface area contributed by atoms with E-state index in [9.17, 15) is 4.79 Å². The minimum Gasteiger partial charge on any atom is -0.494 e. The first-order chi connectivity index (χ1) is 10.5. The fourth-order valence-electron chi connectivity index (χ4n) is 2.22. The van der Waals surface area contributed by atoms with Crippen molar-refractivity contribution in [2.45, 2.75) is 26.8 Å². The molecule has 1 aromatic heterocycles. The van der Waals surface area contributed by atoms with Gasteiger partial charge in [-0.2, -0.15) is 5.10 Å². The van der Waals surface area contributed by atoms with Crippen LogP contribution in [0, 0.1) is 13.8 Å². The van der Waals surface area contributed by atoms with Crippen molar-refractivity contribution in [1.29, 1.82) is 0 Å². The summed E-state index contributed by atoms with van der Waals surface area (Å²) in [7, 11) is 1.58. The summed E-state index contributed by atoms with van der Waals surface area (Å²) in [6.07, 6.45) is 0. The Balaban J connectivity index is 2.43. The summed E-state index contributed by atoms with van der Waals surface area (Å²) in [6.45, 7) is 5.49. The molecule has 0 aliphatic carbocycles. The third kappa shape index (κ3) is 3.28. The molecule has 0 aliphatic rings. The molecule has 0 radical (unpaired) electrons. The van der Waals surface area contributed by atoms with Crippen molar-refractivity contribution in [2.75, 3.05) is 13.7 Å². The van der Waals surface area contributed by atoms with Crippen LogP contribution in [0.3, 0.4) is 0 Å². The van der Waals surface area contributed by atoms with E-state index in [1.54, 1.807) is 36.9 Å². The summed E-state index contributed by atoms with van der Waals surface area (Å²) in [5, 5.41) is 16.2. The van der Waals surface area contributed by atoms with Gasteiger partial charge in [-0.25, -0.2) is 4.68 Å². The summed E-state index contributed by atoms with van der Waals surface area (Å²) in [5.74, 6) is 0.393. The molecule has 1 aromatic carbocycles. The molecule has 1 heterocycles. The quantitative estimate of drug-likeness (QED) is 0.880. The third-order valence-electron chi connectivity index (χ3n) is 3.33. The number of aryl methyl sites for hydroxylation is 2. The van der Waals surface area contributed by atoms with Crippen LogP contribution in [-0.2, 0) is 0 Å². The molecule has 1 unspecified atom stereocenters. The first kappa shape index (κ1) is 16.0. The minimum absolute atomic E-state index is 0.105. The highest BCUT2D eigenvalue weighted by molar-refractivity contribution is 5.95. The molecular formula is C16H21N3O3. The third-order valence-corrected chi connectivity index (χ3v) is 3.33. The van der Waals surface area contributed by atoms with E-state index in [4.69, 9.17) is 9.84 Å². The van der Waals surface area contributed by atoms with Crippen LogP contribution in [0.15, 0.2) is 24.3 Å². The van der Waals surface area contributed by atoms with E-state index in [1.807, 2.05) is 19.9 Å². The maximum atomic E-state index is 12.2. The number of amides is 1. The van der Waals surface area contributed by atoms with Crippen LogP contribution in [0.5, 0.6) is 5.75 Å². The van der Waals surface area contributed by atoms with Gasteiger partial charge in [0.05, 0.1) is 19.4 Å². The molecule has 6 nitrogen and oxygen atoms in total. The van der Waals surface area contributed by atoms with Gasteiger partial charge in [-0.15, -0.1) is 0 Å². The Morgan fingerprint density at radius 3 is 2.68 bits per heavy atom. The SMILES string of the molecule is COc1ccc(C(=O)NC(C)CO)cc1-n1nc(C)cc1C. The van der Waals surface area contributed by atoms with Crippen LogP contribution in [-0.4, -0.2) is 40.6 Å². The maximum absolute atomic E-state index is 12.2. The molecular weight excluding hydrogens is 282 g/mol. The van der Waals surface area contributed by atoms with Gasteiger partial charge in [0.2, 0.25) is 0 Å². The number of carbonyl (C=O) groups is 1. The molecule has 0 fully saturated rings. The summed E-state index contributed by atoms with van der Waals surface area (Å²) in [4.78, 5) is 12.2. The summed E-state index contributed by atoms with van der Waals surface area (Å²) < 4.78 is 7.12. The summed E-state index contributed by atoms with van der Waals surface area (Å²) in [6, 6.07) is 6.82. The Morgan fingerprint density at radius 1 is 1.41 bits per heavy atom. The van der Waals surface area contributed by atoms with Gasteiger partial charge < -0.3 is 15.2 Å². The van der Waals surface area contributed by atoms with Gasteiger partial charge in [0.1, 0.15) is 11.4 Å². The van der Waals surface area contributed by atoms with Gasteiger partial charge >= 0.3 is 0 Å². The van der Waals surface area contributed by atoms with Crippen molar-refractivity contribution in [3.63, 3.8) is 0 Å². The number of nitrogens with one attached hydrogen (secondary N) is 1. The molecule has 6 heteroatoms. The predicted molar refractivity (Wildman–Crippen MR) is 83.6 cm³/mol. The summed E-state index contributed by atoms with van der Waals surface area (Å²) >= 11 is 0. The van der Waals surface area contributed by atoms with E-state index in [0.29, 0.717) is 17.0 Å². The van der Waals surface area contributed by atoms with Crippen molar-refractivity contribution < 1.29 is 14.6 Å². The number of nitrogens with zero attached hydrogens (tertiary/aromatic N) is 2. The van der Waals surface area contributed by atoms with E-state index in [2.05, 4.69) is 10.4 Å². The highest BCUT2D eigenvalue weighted by atomic mass is 16.5. The zero-order valence-electron chi connectivity index (χ0n) is 13.3. The Hall–Kier alpha value is -2.34. The number of ether oxygens (including phenoxy) is 1. The van der Waals surface area contributed by atoms with Crippen LogP contribution in [0.25, 0.3) is 5.69 Å². The maximum Gasteiger partial charge on any atom is 0.251 e. The van der Waals surface area contributed by atoms with Crippen molar-refractivity contribution >= 4 is 5.91 Å².